The molecular weight excluding hydrogens is 260 g/mol. The summed E-state index contributed by atoms with van der Waals surface area (Å²) in [5, 5.41) is 0. The topological polar surface area (TPSA) is 23.6 Å². The Bertz CT molecular complexity index is 324. The molecule has 3 heteroatoms. The molecule has 0 aromatic carbocycles. The number of Topliss-reactive ketones (excluding diaryl/α,β-unsaturated/α-hetero) is 1. The Morgan fingerprint density at radius 3 is 2.10 bits per heavy atom. The van der Waals surface area contributed by atoms with Crippen LogP contribution in [0.4, 0.5) is 0 Å². The average molecular weight is 292 g/mol. The molecule has 2 heterocycles. The molecular formula is C18H32N2O. The number of piperidine rings is 1. The highest BCUT2D eigenvalue weighted by Gasteiger charge is 2.26. The fourth-order valence-corrected chi connectivity index (χ4v) is 4.43. The highest BCUT2D eigenvalue weighted by molar-refractivity contribution is 5.83. The van der Waals surface area contributed by atoms with Crippen LogP contribution < -0.4 is 0 Å². The number of likely N-dealkylation sites (tertiary alicyclic amines) is 2. The van der Waals surface area contributed by atoms with Gasteiger partial charge in [0.2, 0.25) is 0 Å². The summed E-state index contributed by atoms with van der Waals surface area (Å²) >= 11 is 0. The van der Waals surface area contributed by atoms with Crippen molar-refractivity contribution in [1.82, 2.24) is 9.80 Å². The van der Waals surface area contributed by atoms with Crippen molar-refractivity contribution in [2.24, 2.45) is 11.8 Å². The normalized spacial score (nSPS) is 27.2. The van der Waals surface area contributed by atoms with Crippen LogP contribution in [0.15, 0.2) is 0 Å². The lowest BCUT2D eigenvalue weighted by Crippen LogP contribution is -2.41. The molecule has 0 unspecified atom stereocenters. The predicted octanol–water partition coefficient (Wildman–Crippen LogP) is 2.94. The van der Waals surface area contributed by atoms with Crippen molar-refractivity contribution >= 4 is 5.78 Å². The molecule has 0 spiro atoms. The van der Waals surface area contributed by atoms with Crippen molar-refractivity contribution in [1.29, 1.82) is 0 Å². The first-order valence-electron chi connectivity index (χ1n) is 9.28. The number of rotatable bonds is 5. The number of ketones is 1. The molecule has 0 bridgehead atoms. The smallest absolute Gasteiger partial charge is 0.149 e. The van der Waals surface area contributed by atoms with Gasteiger partial charge in [0.15, 0.2) is 0 Å². The molecule has 0 radical (unpaired) electrons. The van der Waals surface area contributed by atoms with Gasteiger partial charge in [0.05, 0.1) is 6.54 Å². The van der Waals surface area contributed by atoms with Gasteiger partial charge in [-0.05, 0) is 70.6 Å². The molecule has 0 amide bonds. The first kappa shape index (κ1) is 15.5. The van der Waals surface area contributed by atoms with Crippen LogP contribution in [0.3, 0.4) is 0 Å². The quantitative estimate of drug-likeness (QED) is 0.778. The SMILES string of the molecule is O=C(CN1CCC(CN2CCCC2)CC1)C1CCCCC1. The minimum atomic E-state index is 0.390. The third-order valence-corrected chi connectivity index (χ3v) is 5.86. The summed E-state index contributed by atoms with van der Waals surface area (Å²) in [5.41, 5.74) is 0. The zero-order valence-corrected chi connectivity index (χ0v) is 13.6. The number of hydrogen-bond donors (Lipinski definition) is 0. The Hall–Kier alpha value is -0.410. The molecule has 3 fully saturated rings. The highest BCUT2D eigenvalue weighted by atomic mass is 16.1. The Morgan fingerprint density at radius 2 is 1.43 bits per heavy atom. The van der Waals surface area contributed by atoms with Crippen molar-refractivity contribution < 1.29 is 4.79 Å². The molecule has 3 nitrogen and oxygen atoms in total. The molecule has 3 rings (SSSR count). The van der Waals surface area contributed by atoms with Crippen molar-refractivity contribution in [2.75, 3.05) is 39.3 Å². The van der Waals surface area contributed by atoms with Gasteiger partial charge in [-0.3, -0.25) is 9.69 Å². The number of carbonyl (C=O) groups is 1. The first-order valence-corrected chi connectivity index (χ1v) is 9.28. The Kier molecular flexibility index (Phi) is 5.70. The zero-order valence-electron chi connectivity index (χ0n) is 13.6. The predicted molar refractivity (Wildman–Crippen MR) is 86.4 cm³/mol. The second-order valence-corrected chi connectivity index (χ2v) is 7.53. The van der Waals surface area contributed by atoms with E-state index < -0.39 is 0 Å². The third kappa shape index (κ3) is 4.53. The van der Waals surface area contributed by atoms with E-state index >= 15 is 0 Å². The van der Waals surface area contributed by atoms with Crippen LogP contribution in [-0.2, 0) is 4.79 Å². The van der Waals surface area contributed by atoms with E-state index in [4.69, 9.17) is 0 Å². The lowest BCUT2D eigenvalue weighted by Gasteiger charge is -2.34. The Balaban J connectivity index is 1.35. The molecule has 3 aliphatic rings. The molecule has 2 aliphatic heterocycles. The number of carbonyl (C=O) groups excluding carboxylic acids is 1. The van der Waals surface area contributed by atoms with E-state index in [-0.39, 0.29) is 0 Å². The standard InChI is InChI=1S/C18H32N2O/c21-18(17-6-2-1-3-7-17)15-20-12-8-16(9-13-20)14-19-10-4-5-11-19/h16-17H,1-15H2. The van der Waals surface area contributed by atoms with Crippen molar-refractivity contribution in [3.8, 4) is 0 Å². The summed E-state index contributed by atoms with van der Waals surface area (Å²) in [6.45, 7) is 6.99. The maximum atomic E-state index is 12.4. The van der Waals surface area contributed by atoms with Crippen molar-refractivity contribution in [3.05, 3.63) is 0 Å². The minimum Gasteiger partial charge on any atom is -0.303 e. The van der Waals surface area contributed by atoms with Gasteiger partial charge in [0.1, 0.15) is 5.78 Å². The maximum absolute atomic E-state index is 12.4. The van der Waals surface area contributed by atoms with Crippen molar-refractivity contribution in [3.63, 3.8) is 0 Å². The molecule has 1 saturated carbocycles. The van der Waals surface area contributed by atoms with Gasteiger partial charge in [-0.2, -0.15) is 0 Å². The van der Waals surface area contributed by atoms with E-state index in [0.717, 1.165) is 38.4 Å². The van der Waals surface area contributed by atoms with E-state index in [1.165, 1.54) is 64.6 Å². The fraction of sp³-hybridized carbons (Fsp3) is 0.944. The molecule has 0 atom stereocenters. The van der Waals surface area contributed by atoms with Gasteiger partial charge in [0, 0.05) is 12.5 Å². The highest BCUT2D eigenvalue weighted by Crippen LogP contribution is 2.26. The van der Waals surface area contributed by atoms with Crippen LogP contribution in [0, 0.1) is 11.8 Å². The second-order valence-electron chi connectivity index (χ2n) is 7.53. The number of nitrogens with zero attached hydrogens (tertiary/aromatic N) is 2. The van der Waals surface area contributed by atoms with Gasteiger partial charge in [0.25, 0.3) is 0 Å². The summed E-state index contributed by atoms with van der Waals surface area (Å²) < 4.78 is 0. The lowest BCUT2D eigenvalue weighted by molar-refractivity contribution is -0.125. The molecule has 2 saturated heterocycles. The van der Waals surface area contributed by atoms with Crippen molar-refractivity contribution in [2.45, 2.75) is 57.8 Å². The Labute approximate surface area is 130 Å². The maximum Gasteiger partial charge on any atom is 0.149 e. The summed E-state index contributed by atoms with van der Waals surface area (Å²) in [7, 11) is 0. The third-order valence-electron chi connectivity index (χ3n) is 5.86. The van der Waals surface area contributed by atoms with Gasteiger partial charge < -0.3 is 4.90 Å². The van der Waals surface area contributed by atoms with Crippen LogP contribution in [0.1, 0.15) is 57.8 Å². The fourth-order valence-electron chi connectivity index (χ4n) is 4.43. The van der Waals surface area contributed by atoms with Crippen LogP contribution in [-0.4, -0.2) is 54.9 Å². The molecule has 21 heavy (non-hydrogen) atoms. The monoisotopic (exact) mass is 292 g/mol. The first-order chi connectivity index (χ1) is 10.3. The van der Waals surface area contributed by atoms with Crippen LogP contribution in [0.5, 0.6) is 0 Å². The largest absolute Gasteiger partial charge is 0.303 e. The average Bonchev–Trinajstić information content (AvgIpc) is 3.03. The summed E-state index contributed by atoms with van der Waals surface area (Å²) in [6.07, 6.45) is 11.6. The molecule has 0 aromatic rings. The molecule has 0 aromatic heterocycles. The van der Waals surface area contributed by atoms with Crippen LogP contribution in [0.2, 0.25) is 0 Å². The van der Waals surface area contributed by atoms with Gasteiger partial charge in [-0.1, -0.05) is 19.3 Å². The van der Waals surface area contributed by atoms with E-state index in [1.807, 2.05) is 0 Å². The summed E-state index contributed by atoms with van der Waals surface area (Å²) in [4.78, 5) is 17.5. The summed E-state index contributed by atoms with van der Waals surface area (Å²) in [6, 6.07) is 0. The minimum absolute atomic E-state index is 0.390. The second kappa shape index (κ2) is 7.73. The Morgan fingerprint density at radius 1 is 0.762 bits per heavy atom. The van der Waals surface area contributed by atoms with Gasteiger partial charge >= 0.3 is 0 Å². The van der Waals surface area contributed by atoms with Gasteiger partial charge in [-0.15, -0.1) is 0 Å². The number of hydrogen-bond acceptors (Lipinski definition) is 3. The molecule has 120 valence electrons. The van der Waals surface area contributed by atoms with Crippen LogP contribution in [0.25, 0.3) is 0 Å². The lowest BCUT2D eigenvalue weighted by atomic mass is 9.85. The van der Waals surface area contributed by atoms with Gasteiger partial charge in [-0.25, -0.2) is 0 Å². The molecule has 0 N–H and O–H groups in total. The van der Waals surface area contributed by atoms with E-state index in [0.29, 0.717) is 11.7 Å². The van der Waals surface area contributed by atoms with Crippen LogP contribution >= 0.6 is 0 Å². The van der Waals surface area contributed by atoms with E-state index in [1.54, 1.807) is 0 Å². The van der Waals surface area contributed by atoms with E-state index in [9.17, 15) is 4.79 Å². The van der Waals surface area contributed by atoms with E-state index in [2.05, 4.69) is 9.80 Å². The summed E-state index contributed by atoms with van der Waals surface area (Å²) in [5.74, 6) is 1.80. The zero-order chi connectivity index (χ0) is 14.5. The molecule has 1 aliphatic carbocycles.